The van der Waals surface area contributed by atoms with Crippen LogP contribution in [0.2, 0.25) is 0 Å². The van der Waals surface area contributed by atoms with Gasteiger partial charge in [-0.25, -0.2) is 4.98 Å². The number of hydrogen-bond acceptors (Lipinski definition) is 4. The van der Waals surface area contributed by atoms with Crippen LogP contribution >= 0.6 is 0 Å². The molecule has 1 saturated heterocycles. The molecule has 4 nitrogen and oxygen atoms in total. The number of nitrogens with zero attached hydrogens (tertiary/aromatic N) is 2. The van der Waals surface area contributed by atoms with Gasteiger partial charge in [0.15, 0.2) is 0 Å². The van der Waals surface area contributed by atoms with E-state index in [1.54, 1.807) is 0 Å². The van der Waals surface area contributed by atoms with Gasteiger partial charge < -0.3 is 15.0 Å². The van der Waals surface area contributed by atoms with E-state index in [0.717, 1.165) is 45.1 Å². The highest BCUT2D eigenvalue weighted by molar-refractivity contribution is 5.48. The minimum absolute atomic E-state index is 0.336. The van der Waals surface area contributed by atoms with E-state index < -0.39 is 0 Å². The van der Waals surface area contributed by atoms with Crippen LogP contribution in [0, 0.1) is 0 Å². The van der Waals surface area contributed by atoms with Gasteiger partial charge in [-0.2, -0.15) is 0 Å². The van der Waals surface area contributed by atoms with E-state index in [1.165, 1.54) is 5.56 Å². The molecule has 0 aromatic carbocycles. The van der Waals surface area contributed by atoms with Crippen molar-refractivity contribution in [1.29, 1.82) is 0 Å². The molecule has 0 saturated carbocycles. The minimum Gasteiger partial charge on any atom is -0.380 e. The first-order valence-corrected chi connectivity index (χ1v) is 6.84. The summed E-state index contributed by atoms with van der Waals surface area (Å²) in [6.07, 6.45) is 2.95. The first kappa shape index (κ1) is 13.3. The molecule has 4 heteroatoms. The van der Waals surface area contributed by atoms with Crippen LogP contribution < -0.4 is 10.2 Å². The van der Waals surface area contributed by atoms with E-state index in [9.17, 15) is 0 Å². The summed E-state index contributed by atoms with van der Waals surface area (Å²) in [4.78, 5) is 6.92. The van der Waals surface area contributed by atoms with Gasteiger partial charge >= 0.3 is 0 Å². The van der Waals surface area contributed by atoms with Gasteiger partial charge in [0.05, 0.1) is 6.61 Å². The van der Waals surface area contributed by atoms with Crippen molar-refractivity contribution >= 4 is 5.82 Å². The first-order chi connectivity index (χ1) is 8.83. The molecule has 1 aromatic heterocycles. The molecular weight excluding hydrogens is 226 g/mol. The van der Waals surface area contributed by atoms with Crippen molar-refractivity contribution in [2.75, 3.05) is 37.7 Å². The molecule has 1 aliphatic rings. The third kappa shape index (κ3) is 3.21. The number of nitrogens with one attached hydrogen (secondary N) is 1. The average molecular weight is 249 g/mol. The van der Waals surface area contributed by atoms with Crippen LogP contribution in [-0.2, 0) is 4.74 Å². The van der Waals surface area contributed by atoms with Crippen LogP contribution in [0.4, 0.5) is 5.82 Å². The van der Waals surface area contributed by atoms with Crippen LogP contribution in [0.3, 0.4) is 0 Å². The maximum Gasteiger partial charge on any atom is 0.133 e. The summed E-state index contributed by atoms with van der Waals surface area (Å²) in [6, 6.07) is 4.52. The van der Waals surface area contributed by atoms with Gasteiger partial charge in [0, 0.05) is 37.5 Å². The standard InChI is InChI=1S/C14H23N3O/c1-3-15-12(2)13-6-4-7-16-14(13)17-8-5-10-18-11-9-17/h4,6-7,12,15H,3,5,8-11H2,1-2H3. The SMILES string of the molecule is CCNC(C)c1cccnc1N1CCCOCC1. The van der Waals surface area contributed by atoms with E-state index in [2.05, 4.69) is 35.1 Å². The zero-order chi connectivity index (χ0) is 12.8. The summed E-state index contributed by atoms with van der Waals surface area (Å²) in [5, 5.41) is 3.46. The molecular formula is C14H23N3O. The van der Waals surface area contributed by atoms with Gasteiger partial charge in [-0.05, 0) is 26.0 Å². The quantitative estimate of drug-likeness (QED) is 0.885. The zero-order valence-corrected chi connectivity index (χ0v) is 11.4. The fraction of sp³-hybridized carbons (Fsp3) is 0.643. The number of pyridine rings is 1. The Bertz CT molecular complexity index is 362. The number of aromatic nitrogens is 1. The molecule has 1 unspecified atom stereocenters. The number of hydrogen-bond donors (Lipinski definition) is 1. The molecule has 2 heterocycles. The van der Waals surface area contributed by atoms with Crippen molar-refractivity contribution in [1.82, 2.24) is 10.3 Å². The van der Waals surface area contributed by atoms with Crippen molar-refractivity contribution < 1.29 is 4.74 Å². The van der Waals surface area contributed by atoms with Gasteiger partial charge in [-0.15, -0.1) is 0 Å². The lowest BCUT2D eigenvalue weighted by atomic mass is 10.1. The molecule has 0 aliphatic carbocycles. The summed E-state index contributed by atoms with van der Waals surface area (Å²) < 4.78 is 5.51. The second-order valence-corrected chi connectivity index (χ2v) is 4.65. The average Bonchev–Trinajstić information content (AvgIpc) is 2.68. The number of rotatable bonds is 4. The fourth-order valence-electron chi connectivity index (χ4n) is 2.39. The normalized spacial score (nSPS) is 18.4. The van der Waals surface area contributed by atoms with E-state index in [-0.39, 0.29) is 0 Å². The molecule has 1 aliphatic heterocycles. The summed E-state index contributed by atoms with van der Waals surface area (Å²) in [5.41, 5.74) is 1.28. The molecule has 2 rings (SSSR count). The smallest absolute Gasteiger partial charge is 0.133 e. The molecule has 100 valence electrons. The number of anilines is 1. The Morgan fingerprint density at radius 3 is 3.17 bits per heavy atom. The molecule has 0 bridgehead atoms. The molecule has 0 spiro atoms. The van der Waals surface area contributed by atoms with Crippen molar-refractivity contribution in [3.8, 4) is 0 Å². The highest BCUT2D eigenvalue weighted by atomic mass is 16.5. The number of ether oxygens (including phenoxy) is 1. The molecule has 0 radical (unpaired) electrons. The predicted molar refractivity (Wildman–Crippen MR) is 74.0 cm³/mol. The van der Waals surface area contributed by atoms with E-state index in [4.69, 9.17) is 4.74 Å². The summed E-state index contributed by atoms with van der Waals surface area (Å²) in [5.74, 6) is 1.11. The van der Waals surface area contributed by atoms with Gasteiger partial charge in [-0.1, -0.05) is 13.0 Å². The minimum atomic E-state index is 0.336. The van der Waals surface area contributed by atoms with Crippen molar-refractivity contribution in [2.45, 2.75) is 26.3 Å². The maximum absolute atomic E-state index is 5.51. The van der Waals surface area contributed by atoms with E-state index in [1.807, 2.05) is 12.3 Å². The third-order valence-electron chi connectivity index (χ3n) is 3.32. The van der Waals surface area contributed by atoms with Crippen LogP contribution in [0.5, 0.6) is 0 Å². The Kier molecular flexibility index (Phi) is 4.96. The van der Waals surface area contributed by atoms with Gasteiger partial charge in [0.25, 0.3) is 0 Å². The summed E-state index contributed by atoms with van der Waals surface area (Å²) >= 11 is 0. The van der Waals surface area contributed by atoms with E-state index in [0.29, 0.717) is 6.04 Å². The Balaban J connectivity index is 2.19. The molecule has 18 heavy (non-hydrogen) atoms. The van der Waals surface area contributed by atoms with Gasteiger partial charge in [-0.3, -0.25) is 0 Å². The van der Waals surface area contributed by atoms with Crippen LogP contribution in [0.25, 0.3) is 0 Å². The lowest BCUT2D eigenvalue weighted by Crippen LogP contribution is -2.29. The van der Waals surface area contributed by atoms with Gasteiger partial charge in [0.2, 0.25) is 0 Å². The Morgan fingerprint density at radius 2 is 2.33 bits per heavy atom. The topological polar surface area (TPSA) is 37.4 Å². The molecule has 1 aromatic rings. The highest BCUT2D eigenvalue weighted by Gasteiger charge is 2.17. The second-order valence-electron chi connectivity index (χ2n) is 4.65. The van der Waals surface area contributed by atoms with Crippen molar-refractivity contribution in [2.24, 2.45) is 0 Å². The summed E-state index contributed by atoms with van der Waals surface area (Å²) in [6.45, 7) is 8.92. The molecule has 1 atom stereocenters. The lowest BCUT2D eigenvalue weighted by molar-refractivity contribution is 0.152. The molecule has 0 amide bonds. The monoisotopic (exact) mass is 249 g/mol. The maximum atomic E-state index is 5.51. The second kappa shape index (κ2) is 6.71. The highest BCUT2D eigenvalue weighted by Crippen LogP contribution is 2.24. The van der Waals surface area contributed by atoms with E-state index >= 15 is 0 Å². The van der Waals surface area contributed by atoms with Crippen molar-refractivity contribution in [3.05, 3.63) is 23.9 Å². The summed E-state index contributed by atoms with van der Waals surface area (Å²) in [7, 11) is 0. The molecule has 1 fully saturated rings. The first-order valence-electron chi connectivity index (χ1n) is 6.84. The lowest BCUT2D eigenvalue weighted by Gasteiger charge is -2.25. The zero-order valence-electron chi connectivity index (χ0n) is 11.4. The largest absolute Gasteiger partial charge is 0.380 e. The van der Waals surface area contributed by atoms with Gasteiger partial charge in [0.1, 0.15) is 5.82 Å². The van der Waals surface area contributed by atoms with Crippen LogP contribution in [0.1, 0.15) is 31.9 Å². The van der Waals surface area contributed by atoms with Crippen LogP contribution in [-0.4, -0.2) is 37.8 Å². The van der Waals surface area contributed by atoms with Crippen LogP contribution in [0.15, 0.2) is 18.3 Å². The Labute approximate surface area is 109 Å². The third-order valence-corrected chi connectivity index (χ3v) is 3.32. The van der Waals surface area contributed by atoms with Crippen molar-refractivity contribution in [3.63, 3.8) is 0 Å². The fourth-order valence-corrected chi connectivity index (χ4v) is 2.39. The predicted octanol–water partition coefficient (Wildman–Crippen LogP) is 1.98. The Morgan fingerprint density at radius 1 is 1.44 bits per heavy atom. The Hall–Kier alpha value is -1.13. The molecule has 1 N–H and O–H groups in total.